The zero-order valence-electron chi connectivity index (χ0n) is 25.0. The second-order valence-electron chi connectivity index (χ2n) is 12.1. The highest BCUT2D eigenvalue weighted by Gasteiger charge is 2.41. The minimum atomic E-state index is -0.0541. The maximum atomic E-state index is 13.7. The number of piperazine rings is 1. The second-order valence-corrected chi connectivity index (χ2v) is 12.1. The Kier molecular flexibility index (Phi) is 8.05. The quantitative estimate of drug-likeness (QED) is 0.343. The van der Waals surface area contributed by atoms with E-state index in [0.717, 1.165) is 49.9 Å². The lowest BCUT2D eigenvalue weighted by Crippen LogP contribution is -2.54. The van der Waals surface area contributed by atoms with Crippen LogP contribution in [0, 0.1) is 20.8 Å². The van der Waals surface area contributed by atoms with Crippen molar-refractivity contribution < 1.29 is 14.3 Å². The van der Waals surface area contributed by atoms with Gasteiger partial charge < -0.3 is 19.4 Å². The van der Waals surface area contributed by atoms with Crippen molar-refractivity contribution in [3.8, 4) is 0 Å². The largest absolute Gasteiger partial charge is 0.482 e. The molecule has 2 atom stereocenters. The van der Waals surface area contributed by atoms with E-state index >= 15 is 0 Å². The molecule has 3 aliphatic rings. The summed E-state index contributed by atoms with van der Waals surface area (Å²) in [6.07, 6.45) is 6.05. The number of ether oxygens (including phenoxy) is 1. The van der Waals surface area contributed by atoms with Crippen LogP contribution in [0.25, 0.3) is 6.08 Å². The van der Waals surface area contributed by atoms with Crippen molar-refractivity contribution in [2.75, 3.05) is 31.1 Å². The van der Waals surface area contributed by atoms with Crippen LogP contribution < -0.4 is 4.90 Å². The number of amides is 2. The van der Waals surface area contributed by atoms with Crippen LogP contribution in [-0.2, 0) is 16.1 Å². The van der Waals surface area contributed by atoms with Crippen molar-refractivity contribution in [2.24, 2.45) is 0 Å². The van der Waals surface area contributed by atoms with E-state index in [9.17, 15) is 9.59 Å². The molecule has 2 aliphatic heterocycles. The second kappa shape index (κ2) is 12.0. The fraction of sp³-hybridized carbons (Fsp3) is 0.389. The number of carbonyl (C=O) groups excluding carboxylic acids is 2. The van der Waals surface area contributed by atoms with E-state index < -0.39 is 0 Å². The van der Waals surface area contributed by atoms with Gasteiger partial charge in [-0.15, -0.1) is 0 Å². The highest BCUT2D eigenvalue weighted by molar-refractivity contribution is 5.97. The molecule has 2 unspecified atom stereocenters. The Balaban J connectivity index is 1.13. The number of nitrogens with zero attached hydrogens (tertiary/aromatic N) is 3. The molecule has 0 radical (unpaired) electrons. The SMILES string of the molecule is Cc1cccc(CN2C(=O)/C(=C\c3ccc(C(=O)N4CCN(c5cc(C)ccc5C)CC4)cc3)OC3CCCCC32)c1. The minimum absolute atomic E-state index is 0.0237. The zero-order chi connectivity index (χ0) is 29.2. The van der Waals surface area contributed by atoms with Crippen LogP contribution >= 0.6 is 0 Å². The topological polar surface area (TPSA) is 53.1 Å². The van der Waals surface area contributed by atoms with Crippen molar-refractivity contribution in [3.05, 3.63) is 106 Å². The lowest BCUT2D eigenvalue weighted by molar-refractivity contribution is -0.149. The summed E-state index contributed by atoms with van der Waals surface area (Å²) in [5.41, 5.74) is 7.65. The highest BCUT2D eigenvalue weighted by atomic mass is 16.5. The number of anilines is 1. The molecular formula is C36H41N3O3. The standard InChI is InChI=1S/C36H41N3O3/c1-25-7-6-8-29(21-25)24-39-31-9-4-5-10-33(31)42-34(36(39)41)23-28-13-15-30(16-14-28)35(40)38-19-17-37(18-20-38)32-22-26(2)11-12-27(32)3/h6-8,11-16,21-23,31,33H,4-5,9-10,17-20,24H2,1-3H3/b34-23+. The molecule has 3 aromatic rings. The third-order valence-corrected chi connectivity index (χ3v) is 8.98. The normalized spacial score (nSPS) is 21.7. The van der Waals surface area contributed by atoms with E-state index in [1.807, 2.05) is 40.1 Å². The number of morpholine rings is 1. The Morgan fingerprint density at radius 1 is 0.881 bits per heavy atom. The summed E-state index contributed by atoms with van der Waals surface area (Å²) in [7, 11) is 0. The van der Waals surface area contributed by atoms with Gasteiger partial charge in [-0.1, -0.05) is 60.5 Å². The van der Waals surface area contributed by atoms with Gasteiger partial charge in [0.2, 0.25) is 0 Å². The minimum Gasteiger partial charge on any atom is -0.482 e. The molecular weight excluding hydrogens is 522 g/mol. The molecule has 1 aliphatic carbocycles. The van der Waals surface area contributed by atoms with Crippen LogP contribution in [0.3, 0.4) is 0 Å². The fourth-order valence-corrected chi connectivity index (χ4v) is 6.64. The van der Waals surface area contributed by atoms with Crippen LogP contribution in [0.1, 0.15) is 63.9 Å². The van der Waals surface area contributed by atoms with Crippen molar-refractivity contribution in [1.29, 1.82) is 0 Å². The average Bonchev–Trinajstić information content (AvgIpc) is 3.00. The molecule has 0 aromatic heterocycles. The molecule has 2 heterocycles. The van der Waals surface area contributed by atoms with Crippen LogP contribution in [-0.4, -0.2) is 59.9 Å². The van der Waals surface area contributed by atoms with Crippen molar-refractivity contribution in [2.45, 2.75) is 65.1 Å². The number of hydrogen-bond acceptors (Lipinski definition) is 4. The first kappa shape index (κ1) is 28.1. The predicted octanol–water partition coefficient (Wildman–Crippen LogP) is 6.29. The van der Waals surface area contributed by atoms with Crippen molar-refractivity contribution >= 4 is 23.6 Å². The molecule has 6 rings (SSSR count). The molecule has 0 bridgehead atoms. The van der Waals surface area contributed by atoms with Crippen LogP contribution in [0.15, 0.2) is 72.5 Å². The van der Waals surface area contributed by atoms with Crippen LogP contribution in [0.5, 0.6) is 0 Å². The Bertz CT molecular complexity index is 1490. The number of fused-ring (bicyclic) bond motifs is 1. The lowest BCUT2D eigenvalue weighted by atomic mass is 9.89. The number of benzene rings is 3. The molecule has 0 N–H and O–H groups in total. The van der Waals surface area contributed by atoms with Gasteiger partial charge >= 0.3 is 0 Å². The summed E-state index contributed by atoms with van der Waals surface area (Å²) >= 11 is 0. The first-order chi connectivity index (χ1) is 20.4. The van der Waals surface area contributed by atoms with Gasteiger partial charge in [0.1, 0.15) is 6.10 Å². The summed E-state index contributed by atoms with van der Waals surface area (Å²) in [6, 6.07) is 22.6. The van der Waals surface area contributed by atoms with E-state index in [0.29, 0.717) is 31.0 Å². The molecule has 218 valence electrons. The van der Waals surface area contributed by atoms with Gasteiger partial charge in [0, 0.05) is 44.0 Å². The van der Waals surface area contributed by atoms with Gasteiger partial charge in [0.25, 0.3) is 11.8 Å². The molecule has 6 nitrogen and oxygen atoms in total. The van der Waals surface area contributed by atoms with Gasteiger partial charge in [-0.25, -0.2) is 0 Å². The summed E-state index contributed by atoms with van der Waals surface area (Å²) in [6.45, 7) is 9.96. The summed E-state index contributed by atoms with van der Waals surface area (Å²) in [5, 5.41) is 0. The van der Waals surface area contributed by atoms with Gasteiger partial charge in [-0.2, -0.15) is 0 Å². The van der Waals surface area contributed by atoms with E-state index in [4.69, 9.17) is 4.74 Å². The highest BCUT2D eigenvalue weighted by Crippen LogP contribution is 2.34. The van der Waals surface area contributed by atoms with Gasteiger partial charge in [-0.3, -0.25) is 9.59 Å². The van der Waals surface area contributed by atoms with Gasteiger partial charge in [0.15, 0.2) is 5.76 Å². The Labute approximate surface area is 249 Å². The lowest BCUT2D eigenvalue weighted by Gasteiger charge is -2.44. The van der Waals surface area contributed by atoms with Crippen LogP contribution in [0.2, 0.25) is 0 Å². The van der Waals surface area contributed by atoms with E-state index in [1.54, 1.807) is 0 Å². The van der Waals surface area contributed by atoms with E-state index in [1.165, 1.54) is 22.4 Å². The number of rotatable bonds is 5. The molecule has 3 aromatic carbocycles. The molecule has 2 saturated heterocycles. The molecule has 0 spiro atoms. The fourth-order valence-electron chi connectivity index (χ4n) is 6.64. The first-order valence-electron chi connectivity index (χ1n) is 15.3. The third kappa shape index (κ3) is 5.94. The van der Waals surface area contributed by atoms with Crippen LogP contribution in [0.4, 0.5) is 5.69 Å². The van der Waals surface area contributed by atoms with Gasteiger partial charge in [-0.05, 0) is 86.6 Å². The van der Waals surface area contributed by atoms with Crippen molar-refractivity contribution in [1.82, 2.24) is 9.80 Å². The number of hydrogen-bond donors (Lipinski definition) is 0. The third-order valence-electron chi connectivity index (χ3n) is 8.98. The predicted molar refractivity (Wildman–Crippen MR) is 167 cm³/mol. The molecule has 42 heavy (non-hydrogen) atoms. The summed E-state index contributed by atoms with van der Waals surface area (Å²) in [4.78, 5) is 33.3. The zero-order valence-corrected chi connectivity index (χ0v) is 25.0. The Morgan fingerprint density at radius 3 is 2.38 bits per heavy atom. The van der Waals surface area contributed by atoms with Gasteiger partial charge in [0.05, 0.1) is 6.04 Å². The molecule has 2 amide bonds. The molecule has 6 heteroatoms. The summed E-state index contributed by atoms with van der Waals surface area (Å²) < 4.78 is 6.32. The smallest absolute Gasteiger partial charge is 0.289 e. The maximum absolute atomic E-state index is 13.7. The monoisotopic (exact) mass is 563 g/mol. The molecule has 3 fully saturated rings. The number of carbonyl (C=O) groups is 2. The average molecular weight is 564 g/mol. The number of aryl methyl sites for hydroxylation is 3. The van der Waals surface area contributed by atoms with E-state index in [2.05, 4.69) is 68.1 Å². The van der Waals surface area contributed by atoms with E-state index in [-0.39, 0.29) is 24.0 Å². The Hall–Kier alpha value is -4.06. The maximum Gasteiger partial charge on any atom is 0.289 e. The van der Waals surface area contributed by atoms with Crippen molar-refractivity contribution in [3.63, 3.8) is 0 Å². The Morgan fingerprint density at radius 2 is 1.62 bits per heavy atom. The first-order valence-corrected chi connectivity index (χ1v) is 15.3. The summed E-state index contributed by atoms with van der Waals surface area (Å²) in [5.74, 6) is 0.392. The molecule has 1 saturated carbocycles.